The van der Waals surface area contributed by atoms with Crippen LogP contribution in [0.25, 0.3) is 11.3 Å². The predicted molar refractivity (Wildman–Crippen MR) is 74.1 cm³/mol. The maximum Gasteiger partial charge on any atom is 0.573 e. The first-order valence-electron chi connectivity index (χ1n) is 5.66. The van der Waals surface area contributed by atoms with Crippen LogP contribution in [0, 0.1) is 3.57 Å². The quantitative estimate of drug-likeness (QED) is 0.476. The number of halogens is 7. The van der Waals surface area contributed by atoms with Crippen molar-refractivity contribution in [2.75, 3.05) is 0 Å². The lowest BCUT2D eigenvalue weighted by molar-refractivity contribution is -0.274. The number of hydrogen-bond donors (Lipinski definition) is 0. The van der Waals surface area contributed by atoms with Crippen molar-refractivity contribution in [2.24, 2.45) is 0 Å². The van der Waals surface area contributed by atoms with Gasteiger partial charge in [0.25, 0.3) is 0 Å². The average molecular weight is 433 g/mol. The molecule has 2 aromatic rings. The van der Waals surface area contributed by atoms with E-state index in [0.29, 0.717) is 0 Å². The summed E-state index contributed by atoms with van der Waals surface area (Å²) in [6, 6.07) is 7.03. The Morgan fingerprint density at radius 3 is 1.95 bits per heavy atom. The Morgan fingerprint density at radius 1 is 0.864 bits per heavy atom. The molecule has 1 heterocycles. The van der Waals surface area contributed by atoms with Gasteiger partial charge in [-0.05, 0) is 59.0 Å². The van der Waals surface area contributed by atoms with Crippen molar-refractivity contribution in [3.63, 3.8) is 0 Å². The topological polar surface area (TPSA) is 22.1 Å². The molecular formula is C13H6F6INO. The molecule has 0 aliphatic carbocycles. The van der Waals surface area contributed by atoms with Crippen LogP contribution in [0.4, 0.5) is 26.3 Å². The van der Waals surface area contributed by atoms with Crippen molar-refractivity contribution in [1.29, 1.82) is 0 Å². The molecule has 0 fully saturated rings. The van der Waals surface area contributed by atoms with Gasteiger partial charge in [-0.2, -0.15) is 13.2 Å². The minimum absolute atomic E-state index is 0.00583. The normalized spacial score (nSPS) is 12.3. The lowest BCUT2D eigenvalue weighted by atomic mass is 10.1. The molecule has 0 spiro atoms. The molecule has 0 atom stereocenters. The largest absolute Gasteiger partial charge is 0.573 e. The van der Waals surface area contributed by atoms with Crippen molar-refractivity contribution in [1.82, 2.24) is 4.98 Å². The van der Waals surface area contributed by atoms with E-state index in [1.165, 1.54) is 46.9 Å². The van der Waals surface area contributed by atoms with Crippen LogP contribution >= 0.6 is 22.6 Å². The summed E-state index contributed by atoms with van der Waals surface area (Å²) in [7, 11) is 0. The molecule has 0 saturated carbocycles. The molecule has 0 unspecified atom stereocenters. The van der Waals surface area contributed by atoms with Crippen LogP contribution in [0.1, 0.15) is 5.69 Å². The minimum Gasteiger partial charge on any atom is -0.406 e. The first kappa shape index (κ1) is 16.8. The highest BCUT2D eigenvalue weighted by Gasteiger charge is 2.35. The molecule has 2 rings (SSSR count). The van der Waals surface area contributed by atoms with Gasteiger partial charge in [0.1, 0.15) is 5.75 Å². The first-order chi connectivity index (χ1) is 10.1. The second-order valence-corrected chi connectivity index (χ2v) is 5.26. The van der Waals surface area contributed by atoms with E-state index in [1.54, 1.807) is 0 Å². The van der Waals surface area contributed by atoms with E-state index in [2.05, 4.69) is 9.72 Å². The van der Waals surface area contributed by atoms with Gasteiger partial charge in [-0.3, -0.25) is 0 Å². The molecule has 1 aromatic heterocycles. The molecule has 0 N–H and O–H groups in total. The average Bonchev–Trinajstić information content (AvgIpc) is 2.37. The highest BCUT2D eigenvalue weighted by atomic mass is 127. The number of nitrogens with zero attached hydrogens (tertiary/aromatic N) is 1. The van der Waals surface area contributed by atoms with E-state index < -0.39 is 24.0 Å². The second-order valence-electron chi connectivity index (χ2n) is 4.10. The van der Waals surface area contributed by atoms with Gasteiger partial charge in [0, 0.05) is 9.13 Å². The summed E-state index contributed by atoms with van der Waals surface area (Å²) >= 11 is 1.51. The molecule has 22 heavy (non-hydrogen) atoms. The lowest BCUT2D eigenvalue weighted by Crippen LogP contribution is -2.17. The third-order valence-electron chi connectivity index (χ3n) is 2.50. The molecule has 118 valence electrons. The maximum atomic E-state index is 12.8. The number of rotatable bonds is 2. The summed E-state index contributed by atoms with van der Waals surface area (Å²) < 4.78 is 78.1. The van der Waals surface area contributed by atoms with Crippen molar-refractivity contribution >= 4 is 22.6 Å². The van der Waals surface area contributed by atoms with Gasteiger partial charge < -0.3 is 4.74 Å². The highest BCUT2D eigenvalue weighted by Crippen LogP contribution is 2.33. The van der Waals surface area contributed by atoms with Crippen LogP contribution in [0.5, 0.6) is 5.75 Å². The zero-order chi connectivity index (χ0) is 16.5. The van der Waals surface area contributed by atoms with Crippen LogP contribution in [-0.4, -0.2) is 11.3 Å². The number of hydrogen-bond acceptors (Lipinski definition) is 2. The third-order valence-corrected chi connectivity index (χ3v) is 3.37. The van der Waals surface area contributed by atoms with E-state index in [0.717, 1.165) is 12.1 Å². The Balaban J connectivity index is 2.33. The van der Waals surface area contributed by atoms with Crippen molar-refractivity contribution in [3.8, 4) is 17.0 Å². The van der Waals surface area contributed by atoms with Crippen LogP contribution < -0.4 is 4.74 Å². The van der Waals surface area contributed by atoms with E-state index in [1.807, 2.05) is 0 Å². The van der Waals surface area contributed by atoms with Crippen molar-refractivity contribution in [2.45, 2.75) is 12.5 Å². The molecule has 0 radical (unpaired) electrons. The summed E-state index contributed by atoms with van der Waals surface area (Å²) in [6.45, 7) is 0. The first-order valence-corrected chi connectivity index (χ1v) is 6.74. The van der Waals surface area contributed by atoms with Gasteiger partial charge in [-0.25, -0.2) is 4.98 Å². The number of pyridine rings is 1. The van der Waals surface area contributed by atoms with Gasteiger partial charge in [0.15, 0.2) is 5.69 Å². The predicted octanol–water partition coefficient (Wildman–Crippen LogP) is 5.27. The molecule has 0 aliphatic heterocycles. The summed E-state index contributed by atoms with van der Waals surface area (Å²) in [6.07, 6.45) is -9.43. The molecule has 0 aliphatic rings. The van der Waals surface area contributed by atoms with E-state index >= 15 is 0 Å². The smallest absolute Gasteiger partial charge is 0.406 e. The van der Waals surface area contributed by atoms with Crippen LogP contribution in [-0.2, 0) is 6.18 Å². The Labute approximate surface area is 134 Å². The van der Waals surface area contributed by atoms with E-state index in [-0.39, 0.29) is 14.8 Å². The SMILES string of the molecule is FC(F)(F)Oc1ccc(-c2ccc(I)c(C(F)(F)F)n2)cc1. The fraction of sp³-hybridized carbons (Fsp3) is 0.154. The van der Waals surface area contributed by atoms with Crippen LogP contribution in [0.15, 0.2) is 36.4 Å². The van der Waals surface area contributed by atoms with Gasteiger partial charge in [0.2, 0.25) is 0 Å². The Bertz CT molecular complexity index is 666. The zero-order valence-corrected chi connectivity index (χ0v) is 12.6. The maximum absolute atomic E-state index is 12.8. The van der Waals surface area contributed by atoms with Gasteiger partial charge >= 0.3 is 12.5 Å². The molecule has 1 aromatic carbocycles. The molecule has 2 nitrogen and oxygen atoms in total. The number of ether oxygens (including phenoxy) is 1. The fourth-order valence-electron chi connectivity index (χ4n) is 1.63. The monoisotopic (exact) mass is 433 g/mol. The van der Waals surface area contributed by atoms with Gasteiger partial charge in [-0.1, -0.05) is 0 Å². The molecule has 0 amide bonds. The van der Waals surface area contributed by atoms with Crippen molar-refractivity contribution < 1.29 is 31.1 Å². The molecule has 0 saturated heterocycles. The number of benzene rings is 1. The lowest BCUT2D eigenvalue weighted by Gasteiger charge is -2.11. The fourth-order valence-corrected chi connectivity index (χ4v) is 2.24. The van der Waals surface area contributed by atoms with E-state index in [9.17, 15) is 26.3 Å². The highest BCUT2D eigenvalue weighted by molar-refractivity contribution is 14.1. The Hall–Kier alpha value is -1.52. The van der Waals surface area contributed by atoms with Crippen molar-refractivity contribution in [3.05, 3.63) is 45.7 Å². The van der Waals surface area contributed by atoms with Crippen LogP contribution in [0.2, 0.25) is 0 Å². The molecular weight excluding hydrogens is 427 g/mol. The standard InChI is InChI=1S/C13H6F6INO/c14-12(15,16)11-9(20)5-6-10(21-11)7-1-3-8(4-2-7)22-13(17,18)19/h1-6H. The number of aromatic nitrogens is 1. The zero-order valence-electron chi connectivity index (χ0n) is 10.5. The summed E-state index contributed by atoms with van der Waals surface area (Å²) in [5, 5.41) is 0. The summed E-state index contributed by atoms with van der Waals surface area (Å²) in [5.74, 6) is -0.460. The second kappa shape index (κ2) is 5.94. The van der Waals surface area contributed by atoms with Crippen LogP contribution in [0.3, 0.4) is 0 Å². The number of alkyl halides is 6. The molecule has 9 heteroatoms. The Kier molecular flexibility index (Phi) is 4.54. The van der Waals surface area contributed by atoms with Gasteiger partial charge in [0.05, 0.1) is 5.69 Å². The summed E-state index contributed by atoms with van der Waals surface area (Å²) in [4.78, 5) is 3.52. The third kappa shape index (κ3) is 4.24. The minimum atomic E-state index is -4.83. The van der Waals surface area contributed by atoms with Gasteiger partial charge in [-0.15, -0.1) is 13.2 Å². The summed E-state index contributed by atoms with van der Waals surface area (Å²) in [5.41, 5.74) is -0.788. The Morgan fingerprint density at radius 2 is 1.45 bits per heavy atom. The van der Waals surface area contributed by atoms with E-state index in [4.69, 9.17) is 0 Å². The molecule has 0 bridgehead atoms.